The van der Waals surface area contributed by atoms with E-state index in [0.717, 1.165) is 34.6 Å². The molecule has 4 nitrogen and oxygen atoms in total. The van der Waals surface area contributed by atoms with Crippen LogP contribution in [-0.4, -0.2) is 27.5 Å². The second-order valence-electron chi connectivity index (χ2n) is 7.35. The number of rotatable bonds is 8. The van der Waals surface area contributed by atoms with Crippen LogP contribution in [-0.2, 0) is 6.54 Å². The van der Waals surface area contributed by atoms with Gasteiger partial charge in [0.15, 0.2) is 0 Å². The van der Waals surface area contributed by atoms with E-state index in [1.54, 1.807) is 11.8 Å². The maximum atomic E-state index is 12.9. The molecule has 6 heteroatoms. The van der Waals surface area contributed by atoms with Gasteiger partial charge in [0.2, 0.25) is 0 Å². The number of imidazole rings is 1. The Morgan fingerprint density at radius 3 is 2.61 bits per heavy atom. The Hall–Kier alpha value is -2.76. The van der Waals surface area contributed by atoms with Crippen LogP contribution in [0.5, 0.6) is 0 Å². The second kappa shape index (κ2) is 10.0. The standard InChI is InChI=1S/C25H24ClN3OS/c1-31-15-14-22(28-25(30)19-9-3-2-4-10-19)24-27-21-12-5-6-13-23(21)29(24)17-18-8-7-11-20(26)16-18/h2-13,16,22H,14-15,17H2,1H3,(H,28,30). The van der Waals surface area contributed by atoms with E-state index < -0.39 is 0 Å². The lowest BCUT2D eigenvalue weighted by molar-refractivity contribution is 0.0933. The number of fused-ring (bicyclic) bond motifs is 1. The van der Waals surface area contributed by atoms with Gasteiger partial charge in [-0.2, -0.15) is 11.8 Å². The van der Waals surface area contributed by atoms with Gasteiger partial charge in [-0.3, -0.25) is 4.79 Å². The van der Waals surface area contributed by atoms with Crippen molar-refractivity contribution in [1.29, 1.82) is 0 Å². The summed E-state index contributed by atoms with van der Waals surface area (Å²) in [5.74, 6) is 1.69. The summed E-state index contributed by atoms with van der Waals surface area (Å²) >= 11 is 7.99. The number of thioether (sulfide) groups is 1. The van der Waals surface area contributed by atoms with E-state index in [2.05, 4.69) is 28.3 Å². The molecular weight excluding hydrogens is 426 g/mol. The molecule has 158 valence electrons. The summed E-state index contributed by atoms with van der Waals surface area (Å²) in [6.45, 7) is 0.632. The molecule has 1 atom stereocenters. The fourth-order valence-electron chi connectivity index (χ4n) is 3.68. The van der Waals surface area contributed by atoms with E-state index >= 15 is 0 Å². The molecule has 0 aliphatic carbocycles. The Balaban J connectivity index is 1.73. The lowest BCUT2D eigenvalue weighted by Crippen LogP contribution is -2.31. The predicted molar refractivity (Wildman–Crippen MR) is 130 cm³/mol. The molecule has 1 amide bonds. The summed E-state index contributed by atoms with van der Waals surface area (Å²) in [4.78, 5) is 17.9. The summed E-state index contributed by atoms with van der Waals surface area (Å²) < 4.78 is 2.19. The third kappa shape index (κ3) is 5.12. The molecule has 0 aliphatic heterocycles. The summed E-state index contributed by atoms with van der Waals surface area (Å²) in [6, 6.07) is 25.1. The van der Waals surface area contributed by atoms with E-state index in [1.165, 1.54) is 0 Å². The van der Waals surface area contributed by atoms with Gasteiger partial charge in [-0.25, -0.2) is 4.98 Å². The molecule has 4 aromatic rings. The van der Waals surface area contributed by atoms with Crippen molar-refractivity contribution in [2.45, 2.75) is 19.0 Å². The van der Waals surface area contributed by atoms with Gasteiger partial charge in [0, 0.05) is 17.1 Å². The minimum Gasteiger partial charge on any atom is -0.342 e. The molecule has 31 heavy (non-hydrogen) atoms. The zero-order chi connectivity index (χ0) is 21.6. The van der Waals surface area contributed by atoms with Gasteiger partial charge in [0.25, 0.3) is 5.91 Å². The first-order valence-corrected chi connectivity index (χ1v) is 12.0. The maximum Gasteiger partial charge on any atom is 0.251 e. The van der Waals surface area contributed by atoms with Crippen molar-refractivity contribution >= 4 is 40.3 Å². The largest absolute Gasteiger partial charge is 0.342 e. The van der Waals surface area contributed by atoms with Crippen LogP contribution >= 0.6 is 23.4 Å². The zero-order valence-corrected chi connectivity index (χ0v) is 18.9. The molecule has 0 saturated carbocycles. The topological polar surface area (TPSA) is 46.9 Å². The molecule has 0 fully saturated rings. The van der Waals surface area contributed by atoms with E-state index in [1.807, 2.05) is 66.7 Å². The molecule has 0 radical (unpaired) electrons. The van der Waals surface area contributed by atoms with Gasteiger partial charge in [-0.05, 0) is 60.4 Å². The predicted octanol–water partition coefficient (Wildman–Crippen LogP) is 5.96. The van der Waals surface area contributed by atoms with Crippen molar-refractivity contribution in [3.63, 3.8) is 0 Å². The van der Waals surface area contributed by atoms with Gasteiger partial charge in [-0.1, -0.05) is 54.1 Å². The summed E-state index contributed by atoms with van der Waals surface area (Å²) in [7, 11) is 0. The molecule has 0 aliphatic rings. The number of hydrogen-bond acceptors (Lipinski definition) is 3. The molecule has 3 aromatic carbocycles. The van der Waals surface area contributed by atoms with E-state index in [4.69, 9.17) is 16.6 Å². The highest BCUT2D eigenvalue weighted by atomic mass is 35.5. The van der Waals surface area contributed by atoms with Crippen LogP contribution < -0.4 is 5.32 Å². The van der Waals surface area contributed by atoms with E-state index in [0.29, 0.717) is 17.1 Å². The smallest absolute Gasteiger partial charge is 0.251 e. The van der Waals surface area contributed by atoms with Gasteiger partial charge < -0.3 is 9.88 Å². The molecule has 1 unspecified atom stereocenters. The monoisotopic (exact) mass is 449 g/mol. The Morgan fingerprint density at radius 2 is 1.84 bits per heavy atom. The molecule has 4 rings (SSSR count). The first-order valence-electron chi connectivity index (χ1n) is 10.2. The third-order valence-electron chi connectivity index (χ3n) is 5.18. The molecule has 1 heterocycles. The van der Waals surface area contributed by atoms with Crippen molar-refractivity contribution in [1.82, 2.24) is 14.9 Å². The fraction of sp³-hybridized carbons (Fsp3) is 0.200. The number of nitrogens with zero attached hydrogens (tertiary/aromatic N) is 2. The summed E-state index contributed by atoms with van der Waals surface area (Å²) in [6.07, 6.45) is 2.86. The average molecular weight is 450 g/mol. The normalized spacial score (nSPS) is 12.1. The number of hydrogen-bond donors (Lipinski definition) is 1. The van der Waals surface area contributed by atoms with Crippen molar-refractivity contribution in [3.8, 4) is 0 Å². The van der Waals surface area contributed by atoms with Crippen LogP contribution in [0.1, 0.15) is 34.2 Å². The molecule has 1 N–H and O–H groups in total. The Bertz CT molecular complexity index is 1180. The van der Waals surface area contributed by atoms with Gasteiger partial charge in [0.05, 0.1) is 17.1 Å². The first kappa shape index (κ1) is 21.5. The Morgan fingerprint density at radius 1 is 1.06 bits per heavy atom. The van der Waals surface area contributed by atoms with E-state index in [-0.39, 0.29) is 11.9 Å². The number of nitrogens with one attached hydrogen (secondary N) is 1. The minimum atomic E-state index is -0.202. The number of carbonyl (C=O) groups excluding carboxylic acids is 1. The number of halogens is 1. The summed E-state index contributed by atoms with van der Waals surface area (Å²) in [5.41, 5.74) is 3.70. The van der Waals surface area contributed by atoms with Gasteiger partial charge in [0.1, 0.15) is 5.82 Å². The number of benzene rings is 3. The van der Waals surface area contributed by atoms with Crippen molar-refractivity contribution < 1.29 is 4.79 Å². The highest BCUT2D eigenvalue weighted by molar-refractivity contribution is 7.98. The number of carbonyl (C=O) groups is 1. The van der Waals surface area contributed by atoms with E-state index in [9.17, 15) is 4.79 Å². The highest BCUT2D eigenvalue weighted by Gasteiger charge is 2.22. The lowest BCUT2D eigenvalue weighted by atomic mass is 10.1. The highest BCUT2D eigenvalue weighted by Crippen LogP contribution is 2.26. The number of amides is 1. The first-order chi connectivity index (χ1) is 15.2. The van der Waals surface area contributed by atoms with Crippen LogP contribution in [0.4, 0.5) is 0 Å². The molecule has 0 spiro atoms. The maximum absolute atomic E-state index is 12.9. The Labute approximate surface area is 191 Å². The fourth-order valence-corrected chi connectivity index (χ4v) is 4.36. The molecule has 0 bridgehead atoms. The van der Waals surface area contributed by atoms with Gasteiger partial charge >= 0.3 is 0 Å². The molecular formula is C25H24ClN3OS. The van der Waals surface area contributed by atoms with Crippen molar-refractivity contribution in [2.24, 2.45) is 0 Å². The van der Waals surface area contributed by atoms with Crippen molar-refractivity contribution in [3.05, 3.63) is 101 Å². The average Bonchev–Trinajstić information content (AvgIpc) is 3.15. The second-order valence-corrected chi connectivity index (χ2v) is 8.77. The third-order valence-corrected chi connectivity index (χ3v) is 6.06. The van der Waals surface area contributed by atoms with Crippen LogP contribution in [0, 0.1) is 0 Å². The Kier molecular flexibility index (Phi) is 6.95. The molecule has 1 aromatic heterocycles. The number of aromatic nitrogens is 2. The lowest BCUT2D eigenvalue weighted by Gasteiger charge is -2.20. The summed E-state index contributed by atoms with van der Waals surface area (Å²) in [5, 5.41) is 3.93. The van der Waals surface area contributed by atoms with Crippen LogP contribution in [0.2, 0.25) is 5.02 Å². The van der Waals surface area contributed by atoms with Gasteiger partial charge in [-0.15, -0.1) is 0 Å². The van der Waals surface area contributed by atoms with Crippen molar-refractivity contribution in [2.75, 3.05) is 12.0 Å². The quantitative estimate of drug-likeness (QED) is 0.361. The zero-order valence-electron chi connectivity index (χ0n) is 17.3. The van der Waals surface area contributed by atoms with Crippen LogP contribution in [0.25, 0.3) is 11.0 Å². The number of para-hydroxylation sites is 2. The SMILES string of the molecule is CSCCC(NC(=O)c1ccccc1)c1nc2ccccc2n1Cc1cccc(Cl)c1. The van der Waals surface area contributed by atoms with Crippen LogP contribution in [0.15, 0.2) is 78.9 Å². The molecule has 0 saturated heterocycles. The minimum absolute atomic E-state index is 0.0898. The van der Waals surface area contributed by atoms with Crippen LogP contribution in [0.3, 0.4) is 0 Å².